The summed E-state index contributed by atoms with van der Waals surface area (Å²) in [6, 6.07) is 13.2. The van der Waals surface area contributed by atoms with E-state index in [0.29, 0.717) is 5.56 Å². The number of esters is 1. The fourth-order valence-corrected chi connectivity index (χ4v) is 2.22. The molecule has 0 aliphatic heterocycles. The SMILES string of the molecule is C=Cc1cc(OC)ccc1-c1ccc(C(=O)OC(C)(C)C)cc1. The molecule has 2 aromatic rings. The van der Waals surface area contributed by atoms with E-state index in [-0.39, 0.29) is 5.97 Å². The van der Waals surface area contributed by atoms with E-state index in [1.165, 1.54) is 0 Å². The van der Waals surface area contributed by atoms with Gasteiger partial charge in [0, 0.05) is 0 Å². The molecule has 0 bridgehead atoms. The van der Waals surface area contributed by atoms with Gasteiger partial charge in [-0.3, -0.25) is 0 Å². The third kappa shape index (κ3) is 4.22. The second-order valence-corrected chi connectivity index (χ2v) is 6.24. The van der Waals surface area contributed by atoms with E-state index in [1.54, 1.807) is 25.3 Å². The molecule has 0 atom stereocenters. The maximum atomic E-state index is 12.1. The minimum atomic E-state index is -0.498. The van der Waals surface area contributed by atoms with Crippen molar-refractivity contribution in [1.82, 2.24) is 0 Å². The van der Waals surface area contributed by atoms with E-state index < -0.39 is 5.60 Å². The molecule has 0 saturated carbocycles. The maximum absolute atomic E-state index is 12.1. The van der Waals surface area contributed by atoms with Crippen molar-refractivity contribution in [2.75, 3.05) is 7.11 Å². The molecule has 0 fully saturated rings. The fourth-order valence-electron chi connectivity index (χ4n) is 2.22. The molecule has 120 valence electrons. The van der Waals surface area contributed by atoms with Crippen LogP contribution in [0.4, 0.5) is 0 Å². The Morgan fingerprint density at radius 1 is 1.09 bits per heavy atom. The predicted octanol–water partition coefficient (Wildman–Crippen LogP) is 4.96. The van der Waals surface area contributed by atoms with Crippen LogP contribution in [0.15, 0.2) is 49.0 Å². The van der Waals surface area contributed by atoms with E-state index in [9.17, 15) is 4.79 Å². The summed E-state index contributed by atoms with van der Waals surface area (Å²) < 4.78 is 10.6. The number of methoxy groups -OCH3 is 1. The Bertz CT molecular complexity index is 707. The van der Waals surface area contributed by atoms with Crippen molar-refractivity contribution in [2.45, 2.75) is 26.4 Å². The maximum Gasteiger partial charge on any atom is 0.338 e. The van der Waals surface area contributed by atoms with Gasteiger partial charge >= 0.3 is 5.97 Å². The minimum absolute atomic E-state index is 0.317. The Kier molecular flexibility index (Phi) is 4.89. The first-order valence-corrected chi connectivity index (χ1v) is 7.48. The highest BCUT2D eigenvalue weighted by Gasteiger charge is 2.17. The lowest BCUT2D eigenvalue weighted by molar-refractivity contribution is 0.00696. The van der Waals surface area contributed by atoms with Crippen molar-refractivity contribution < 1.29 is 14.3 Å². The van der Waals surface area contributed by atoms with Gasteiger partial charge in [-0.15, -0.1) is 0 Å². The van der Waals surface area contributed by atoms with Gasteiger partial charge in [0.25, 0.3) is 0 Å². The molecule has 0 N–H and O–H groups in total. The standard InChI is InChI=1S/C20H22O3/c1-6-14-13-17(22-5)11-12-18(14)15-7-9-16(10-8-15)19(21)23-20(2,3)4/h6-13H,1H2,2-5H3. The third-order valence-electron chi connectivity index (χ3n) is 3.31. The first-order chi connectivity index (χ1) is 10.8. The molecular weight excluding hydrogens is 288 g/mol. The van der Waals surface area contributed by atoms with Gasteiger partial charge in [-0.1, -0.05) is 30.9 Å². The van der Waals surface area contributed by atoms with Crippen molar-refractivity contribution in [1.29, 1.82) is 0 Å². The van der Waals surface area contributed by atoms with Crippen LogP contribution < -0.4 is 4.74 Å². The Labute approximate surface area is 137 Å². The molecule has 2 rings (SSSR count). The summed E-state index contributed by atoms with van der Waals surface area (Å²) >= 11 is 0. The van der Waals surface area contributed by atoms with Crippen molar-refractivity contribution >= 4 is 12.0 Å². The molecule has 2 aromatic carbocycles. The summed E-state index contributed by atoms with van der Waals surface area (Å²) in [7, 11) is 1.64. The van der Waals surface area contributed by atoms with Gasteiger partial charge in [0.1, 0.15) is 11.4 Å². The normalized spacial score (nSPS) is 11.0. The molecule has 0 aromatic heterocycles. The summed E-state index contributed by atoms with van der Waals surface area (Å²) in [4.78, 5) is 12.1. The topological polar surface area (TPSA) is 35.5 Å². The minimum Gasteiger partial charge on any atom is -0.497 e. The molecule has 0 heterocycles. The highest BCUT2D eigenvalue weighted by molar-refractivity contribution is 5.90. The Morgan fingerprint density at radius 3 is 2.26 bits per heavy atom. The lowest BCUT2D eigenvalue weighted by Gasteiger charge is -2.19. The van der Waals surface area contributed by atoms with Gasteiger partial charge in [-0.25, -0.2) is 4.79 Å². The first-order valence-electron chi connectivity index (χ1n) is 7.48. The van der Waals surface area contributed by atoms with Crippen LogP contribution in [-0.4, -0.2) is 18.7 Å². The molecule has 0 radical (unpaired) electrons. The van der Waals surface area contributed by atoms with Gasteiger partial charge < -0.3 is 9.47 Å². The van der Waals surface area contributed by atoms with Crippen molar-refractivity contribution in [3.63, 3.8) is 0 Å². The number of hydrogen-bond donors (Lipinski definition) is 0. The Balaban J connectivity index is 2.30. The fraction of sp³-hybridized carbons (Fsp3) is 0.250. The smallest absolute Gasteiger partial charge is 0.338 e. The van der Waals surface area contributed by atoms with Crippen LogP contribution in [0, 0.1) is 0 Å². The first kappa shape index (κ1) is 16.8. The number of ether oxygens (including phenoxy) is 2. The lowest BCUT2D eigenvalue weighted by Crippen LogP contribution is -2.23. The largest absolute Gasteiger partial charge is 0.497 e. The number of hydrogen-bond acceptors (Lipinski definition) is 3. The molecule has 0 spiro atoms. The number of benzene rings is 2. The monoisotopic (exact) mass is 310 g/mol. The molecule has 3 heteroatoms. The van der Waals surface area contributed by atoms with E-state index in [4.69, 9.17) is 9.47 Å². The lowest BCUT2D eigenvalue weighted by atomic mass is 9.98. The van der Waals surface area contributed by atoms with Crippen LogP contribution in [0.1, 0.15) is 36.7 Å². The van der Waals surface area contributed by atoms with E-state index in [0.717, 1.165) is 22.4 Å². The van der Waals surface area contributed by atoms with Crippen LogP contribution >= 0.6 is 0 Å². The van der Waals surface area contributed by atoms with Crippen LogP contribution in [-0.2, 0) is 4.74 Å². The molecule has 0 aliphatic rings. The van der Waals surface area contributed by atoms with Gasteiger partial charge in [0.05, 0.1) is 12.7 Å². The van der Waals surface area contributed by atoms with Gasteiger partial charge in [-0.2, -0.15) is 0 Å². The van der Waals surface area contributed by atoms with E-state index >= 15 is 0 Å². The average Bonchev–Trinajstić information content (AvgIpc) is 2.52. The number of carbonyl (C=O) groups is 1. The molecule has 0 aliphatic carbocycles. The number of carbonyl (C=O) groups excluding carboxylic acids is 1. The summed E-state index contributed by atoms with van der Waals surface area (Å²) in [6.45, 7) is 9.41. The Hall–Kier alpha value is -2.55. The van der Waals surface area contributed by atoms with Crippen LogP contribution in [0.5, 0.6) is 5.75 Å². The van der Waals surface area contributed by atoms with Gasteiger partial charge in [-0.05, 0) is 61.7 Å². The zero-order valence-corrected chi connectivity index (χ0v) is 14.1. The summed E-state index contributed by atoms with van der Waals surface area (Å²) in [6.07, 6.45) is 1.79. The molecular formula is C20H22O3. The van der Waals surface area contributed by atoms with Crippen LogP contribution in [0.25, 0.3) is 17.2 Å². The van der Waals surface area contributed by atoms with E-state index in [2.05, 4.69) is 6.58 Å². The van der Waals surface area contributed by atoms with Crippen molar-refractivity contribution in [3.05, 3.63) is 60.2 Å². The number of rotatable bonds is 4. The second-order valence-electron chi connectivity index (χ2n) is 6.24. The molecule has 23 heavy (non-hydrogen) atoms. The van der Waals surface area contributed by atoms with Crippen molar-refractivity contribution in [3.8, 4) is 16.9 Å². The summed E-state index contributed by atoms with van der Waals surface area (Å²) in [5.74, 6) is 0.469. The van der Waals surface area contributed by atoms with Crippen LogP contribution in [0.3, 0.4) is 0 Å². The van der Waals surface area contributed by atoms with Gasteiger partial charge in [0.15, 0.2) is 0 Å². The predicted molar refractivity (Wildman–Crippen MR) is 93.7 cm³/mol. The highest BCUT2D eigenvalue weighted by Crippen LogP contribution is 2.28. The summed E-state index contributed by atoms with van der Waals surface area (Å²) in [5.41, 5.74) is 3.07. The van der Waals surface area contributed by atoms with Crippen LogP contribution in [0.2, 0.25) is 0 Å². The molecule has 0 amide bonds. The highest BCUT2D eigenvalue weighted by atomic mass is 16.6. The summed E-state index contributed by atoms with van der Waals surface area (Å²) in [5, 5.41) is 0. The molecule has 0 unspecified atom stereocenters. The zero-order chi connectivity index (χ0) is 17.0. The quantitative estimate of drug-likeness (QED) is 0.749. The third-order valence-corrected chi connectivity index (χ3v) is 3.31. The zero-order valence-electron chi connectivity index (χ0n) is 14.1. The van der Waals surface area contributed by atoms with Gasteiger partial charge in [0.2, 0.25) is 0 Å². The molecule has 0 saturated heterocycles. The van der Waals surface area contributed by atoms with E-state index in [1.807, 2.05) is 51.1 Å². The van der Waals surface area contributed by atoms with Crippen molar-refractivity contribution in [2.24, 2.45) is 0 Å². The second kappa shape index (κ2) is 6.69. The average molecular weight is 310 g/mol. The Morgan fingerprint density at radius 2 is 1.74 bits per heavy atom. The molecule has 3 nitrogen and oxygen atoms in total.